The molecule has 4 unspecified atom stereocenters. The Labute approximate surface area is 123 Å². The highest BCUT2D eigenvalue weighted by atomic mass is 32.1. The molecule has 2 saturated carbocycles. The molecule has 1 N–H and O–H groups in total. The van der Waals surface area contributed by atoms with Gasteiger partial charge < -0.3 is 10.2 Å². The van der Waals surface area contributed by atoms with Crippen molar-refractivity contribution >= 4 is 17.2 Å². The van der Waals surface area contributed by atoms with Crippen LogP contribution in [0.15, 0.2) is 5.51 Å². The lowest BCUT2D eigenvalue weighted by atomic mass is 9.88. The van der Waals surface area contributed by atoms with Gasteiger partial charge in [0.2, 0.25) is 5.91 Å². The number of thiazole rings is 1. The lowest BCUT2D eigenvalue weighted by Gasteiger charge is -2.38. The van der Waals surface area contributed by atoms with Crippen LogP contribution in [0.5, 0.6) is 0 Å². The minimum atomic E-state index is -0.174. The first kappa shape index (κ1) is 12.8. The van der Waals surface area contributed by atoms with Gasteiger partial charge in [0.15, 0.2) is 0 Å². The fraction of sp³-hybridized carbons (Fsp3) is 0.733. The first-order valence-corrected chi connectivity index (χ1v) is 8.56. The molecule has 1 aliphatic heterocycles. The number of fused-ring (bicyclic) bond motifs is 3. The van der Waals surface area contributed by atoms with Crippen LogP contribution in [0.4, 0.5) is 0 Å². The molecule has 0 saturated heterocycles. The minimum absolute atomic E-state index is 0.174. The maximum atomic E-state index is 12.8. The SMILES string of the molecule is CNC1C(=O)N(C2CC3CCCC2C3)Cc2ncsc21. The summed E-state index contributed by atoms with van der Waals surface area (Å²) in [5.74, 6) is 1.86. The van der Waals surface area contributed by atoms with Crippen molar-refractivity contribution in [2.45, 2.75) is 50.7 Å². The summed E-state index contributed by atoms with van der Waals surface area (Å²) in [4.78, 5) is 20.6. The van der Waals surface area contributed by atoms with E-state index in [1.54, 1.807) is 11.3 Å². The van der Waals surface area contributed by atoms with Crippen molar-refractivity contribution in [2.75, 3.05) is 7.05 Å². The van der Waals surface area contributed by atoms with E-state index < -0.39 is 0 Å². The molecule has 1 amide bonds. The molecule has 2 heterocycles. The third kappa shape index (κ3) is 1.83. The van der Waals surface area contributed by atoms with Gasteiger partial charge in [-0.2, -0.15) is 0 Å². The lowest BCUT2D eigenvalue weighted by Crippen LogP contribution is -2.49. The molecule has 4 rings (SSSR count). The van der Waals surface area contributed by atoms with E-state index in [1.165, 1.54) is 32.1 Å². The molecule has 0 aromatic carbocycles. The second-order valence-electron chi connectivity index (χ2n) is 6.45. The zero-order chi connectivity index (χ0) is 13.7. The molecular weight excluding hydrogens is 270 g/mol. The van der Waals surface area contributed by atoms with E-state index >= 15 is 0 Å². The van der Waals surface area contributed by atoms with Gasteiger partial charge in [0, 0.05) is 6.04 Å². The minimum Gasteiger partial charge on any atom is -0.332 e. The third-order valence-corrected chi connectivity index (χ3v) is 6.35. The van der Waals surface area contributed by atoms with Crippen LogP contribution in [-0.2, 0) is 11.3 Å². The van der Waals surface area contributed by atoms with E-state index in [2.05, 4.69) is 15.2 Å². The maximum absolute atomic E-state index is 12.8. The number of amides is 1. The molecule has 0 spiro atoms. The summed E-state index contributed by atoms with van der Waals surface area (Å²) in [6.07, 6.45) is 6.58. The van der Waals surface area contributed by atoms with Gasteiger partial charge >= 0.3 is 0 Å². The number of hydrogen-bond donors (Lipinski definition) is 1. The normalized spacial score (nSPS) is 36.2. The fourth-order valence-corrected chi connectivity index (χ4v) is 5.40. The zero-order valence-corrected chi connectivity index (χ0v) is 12.7. The zero-order valence-electron chi connectivity index (χ0n) is 11.8. The van der Waals surface area contributed by atoms with E-state index in [9.17, 15) is 4.79 Å². The molecular formula is C15H21N3OS. The number of likely N-dealkylation sites (N-methyl/N-ethyl adjacent to an activating group) is 1. The highest BCUT2D eigenvalue weighted by Crippen LogP contribution is 2.46. The number of nitrogens with zero attached hydrogens (tertiary/aromatic N) is 2. The van der Waals surface area contributed by atoms with Crippen molar-refractivity contribution in [1.82, 2.24) is 15.2 Å². The van der Waals surface area contributed by atoms with E-state index in [0.717, 1.165) is 29.0 Å². The van der Waals surface area contributed by atoms with Crippen LogP contribution in [0, 0.1) is 11.8 Å². The Hall–Kier alpha value is -0.940. The predicted molar refractivity (Wildman–Crippen MR) is 78.3 cm³/mol. The van der Waals surface area contributed by atoms with Gasteiger partial charge in [-0.05, 0) is 38.1 Å². The number of carbonyl (C=O) groups excluding carboxylic acids is 1. The van der Waals surface area contributed by atoms with E-state index in [1.807, 2.05) is 12.6 Å². The standard InChI is InChI=1S/C15H21N3OS/c1-16-13-14-11(17-8-20-14)7-18(15(13)19)12-6-9-3-2-4-10(12)5-9/h8-10,12-13,16H,2-7H2,1H3. The van der Waals surface area contributed by atoms with Crippen LogP contribution in [0.3, 0.4) is 0 Å². The van der Waals surface area contributed by atoms with Crippen LogP contribution < -0.4 is 5.32 Å². The largest absolute Gasteiger partial charge is 0.332 e. The van der Waals surface area contributed by atoms with Crippen LogP contribution >= 0.6 is 11.3 Å². The Balaban J connectivity index is 1.65. The van der Waals surface area contributed by atoms with Crippen molar-refractivity contribution in [3.8, 4) is 0 Å². The quantitative estimate of drug-likeness (QED) is 0.909. The Morgan fingerprint density at radius 3 is 3.10 bits per heavy atom. The second kappa shape index (κ2) is 4.81. The molecule has 108 valence electrons. The average molecular weight is 291 g/mol. The Kier molecular flexibility index (Phi) is 3.07. The molecule has 4 atom stereocenters. The summed E-state index contributed by atoms with van der Waals surface area (Å²) in [6.45, 7) is 0.726. The molecule has 4 nitrogen and oxygen atoms in total. The van der Waals surface area contributed by atoms with Crippen molar-refractivity contribution in [1.29, 1.82) is 0 Å². The summed E-state index contributed by atoms with van der Waals surface area (Å²) < 4.78 is 0. The Morgan fingerprint density at radius 2 is 2.30 bits per heavy atom. The number of rotatable bonds is 2. The molecule has 0 radical (unpaired) electrons. The fourth-order valence-electron chi connectivity index (χ4n) is 4.50. The number of carbonyl (C=O) groups is 1. The monoisotopic (exact) mass is 291 g/mol. The third-order valence-electron chi connectivity index (χ3n) is 5.42. The number of nitrogens with one attached hydrogen (secondary N) is 1. The van der Waals surface area contributed by atoms with Gasteiger partial charge in [0.1, 0.15) is 6.04 Å². The van der Waals surface area contributed by atoms with Gasteiger partial charge in [-0.1, -0.05) is 12.8 Å². The highest BCUT2D eigenvalue weighted by Gasteiger charge is 2.45. The summed E-state index contributed by atoms with van der Waals surface area (Å²) in [6, 6.07) is 0.285. The first-order chi connectivity index (χ1) is 9.78. The van der Waals surface area contributed by atoms with Crippen LogP contribution in [0.25, 0.3) is 0 Å². The highest BCUT2D eigenvalue weighted by molar-refractivity contribution is 7.10. The lowest BCUT2D eigenvalue weighted by molar-refractivity contribution is -0.138. The van der Waals surface area contributed by atoms with E-state index in [0.29, 0.717) is 6.04 Å². The molecule has 3 aliphatic rings. The molecule has 2 aliphatic carbocycles. The molecule has 1 aromatic rings. The van der Waals surface area contributed by atoms with Gasteiger partial charge in [0.25, 0.3) is 0 Å². The number of aromatic nitrogens is 1. The topological polar surface area (TPSA) is 45.2 Å². The van der Waals surface area contributed by atoms with Crippen LogP contribution in [0.1, 0.15) is 48.7 Å². The van der Waals surface area contributed by atoms with E-state index in [-0.39, 0.29) is 11.9 Å². The summed E-state index contributed by atoms with van der Waals surface area (Å²) in [5, 5.41) is 3.19. The molecule has 1 aromatic heterocycles. The van der Waals surface area contributed by atoms with Crippen molar-refractivity contribution in [2.24, 2.45) is 11.8 Å². The maximum Gasteiger partial charge on any atom is 0.245 e. The Morgan fingerprint density at radius 1 is 1.40 bits per heavy atom. The molecule has 5 heteroatoms. The van der Waals surface area contributed by atoms with Crippen LogP contribution in [-0.4, -0.2) is 28.9 Å². The summed E-state index contributed by atoms with van der Waals surface area (Å²) in [5.41, 5.74) is 2.98. The van der Waals surface area contributed by atoms with Gasteiger partial charge in [-0.15, -0.1) is 11.3 Å². The molecule has 20 heavy (non-hydrogen) atoms. The Bertz CT molecular complexity index is 529. The van der Waals surface area contributed by atoms with Crippen molar-refractivity contribution < 1.29 is 4.79 Å². The van der Waals surface area contributed by atoms with Crippen LogP contribution in [0.2, 0.25) is 0 Å². The van der Waals surface area contributed by atoms with Gasteiger partial charge in [-0.25, -0.2) is 4.98 Å². The first-order valence-electron chi connectivity index (χ1n) is 7.68. The van der Waals surface area contributed by atoms with E-state index in [4.69, 9.17) is 0 Å². The molecule has 2 bridgehead atoms. The van der Waals surface area contributed by atoms with Crippen molar-refractivity contribution in [3.05, 3.63) is 16.1 Å². The summed E-state index contributed by atoms with van der Waals surface area (Å²) >= 11 is 1.60. The second-order valence-corrected chi connectivity index (χ2v) is 7.33. The number of hydrogen-bond acceptors (Lipinski definition) is 4. The summed E-state index contributed by atoms with van der Waals surface area (Å²) in [7, 11) is 1.88. The van der Waals surface area contributed by atoms with Gasteiger partial charge in [0.05, 0.1) is 22.6 Å². The van der Waals surface area contributed by atoms with Crippen molar-refractivity contribution in [3.63, 3.8) is 0 Å². The average Bonchev–Trinajstić information content (AvgIpc) is 3.02. The molecule has 2 fully saturated rings. The van der Waals surface area contributed by atoms with Gasteiger partial charge in [-0.3, -0.25) is 4.79 Å². The smallest absolute Gasteiger partial charge is 0.245 e. The predicted octanol–water partition coefficient (Wildman–Crippen LogP) is 2.32.